The van der Waals surface area contributed by atoms with E-state index in [9.17, 15) is 9.59 Å². The maximum Gasteiger partial charge on any atom is 0.306 e. The Kier molecular flexibility index (Phi) is 5.60. The number of carboxylic acids is 1. The van der Waals surface area contributed by atoms with Crippen LogP contribution in [0, 0.1) is 11.8 Å². The lowest BCUT2D eigenvalue weighted by atomic mass is 9.81. The molecule has 0 spiro atoms. The number of hydrogen-bond acceptors (Lipinski definition) is 3. The zero-order valence-electron chi connectivity index (χ0n) is 16.3. The number of aromatic nitrogens is 2. The third-order valence-electron chi connectivity index (χ3n) is 5.79. The van der Waals surface area contributed by atoms with E-state index in [1.165, 1.54) is 0 Å². The quantitative estimate of drug-likeness (QED) is 0.673. The second kappa shape index (κ2) is 8.47. The zero-order valence-corrected chi connectivity index (χ0v) is 16.3. The molecule has 0 aliphatic heterocycles. The number of carboxylic acid groups (broad SMARTS) is 1. The third kappa shape index (κ3) is 4.47. The molecular formula is C23H25N3O3. The molecule has 29 heavy (non-hydrogen) atoms. The predicted molar refractivity (Wildman–Crippen MR) is 110 cm³/mol. The van der Waals surface area contributed by atoms with Crippen LogP contribution in [-0.2, 0) is 22.7 Å². The van der Waals surface area contributed by atoms with Crippen molar-refractivity contribution in [3.8, 4) is 0 Å². The number of amides is 1. The van der Waals surface area contributed by atoms with Crippen LogP contribution >= 0.6 is 0 Å². The van der Waals surface area contributed by atoms with Crippen LogP contribution in [0.5, 0.6) is 0 Å². The third-order valence-corrected chi connectivity index (χ3v) is 5.79. The molecule has 0 atom stereocenters. The standard InChI is InChI=1S/C23H25N3O3/c27-22(18-8-10-19(11-9-18)23(28)29)24-13-16-4-3-5-17(12-16)14-26-15-25-20-6-1-2-7-21(20)26/h1-7,12,15,18-19H,8-11,13-14H2,(H,24,27)(H,28,29). The van der Waals surface area contributed by atoms with Gasteiger partial charge in [0, 0.05) is 19.0 Å². The van der Waals surface area contributed by atoms with Gasteiger partial charge < -0.3 is 15.0 Å². The highest BCUT2D eigenvalue weighted by Crippen LogP contribution is 2.29. The van der Waals surface area contributed by atoms with Gasteiger partial charge in [-0.2, -0.15) is 0 Å². The van der Waals surface area contributed by atoms with Crippen LogP contribution < -0.4 is 5.32 Å². The van der Waals surface area contributed by atoms with Crippen LogP contribution in [0.2, 0.25) is 0 Å². The molecule has 0 saturated heterocycles. The molecule has 1 aromatic heterocycles. The topological polar surface area (TPSA) is 84.2 Å². The Morgan fingerprint density at radius 3 is 2.52 bits per heavy atom. The average molecular weight is 391 g/mol. The van der Waals surface area contributed by atoms with Crippen LogP contribution in [0.4, 0.5) is 0 Å². The minimum Gasteiger partial charge on any atom is -0.481 e. The first-order chi connectivity index (χ1) is 14.1. The Labute approximate surface area is 169 Å². The second-order valence-electron chi connectivity index (χ2n) is 7.79. The number of nitrogens with one attached hydrogen (secondary N) is 1. The van der Waals surface area contributed by atoms with E-state index in [4.69, 9.17) is 5.11 Å². The molecule has 1 fully saturated rings. The van der Waals surface area contributed by atoms with Crippen molar-refractivity contribution < 1.29 is 14.7 Å². The van der Waals surface area contributed by atoms with Gasteiger partial charge in [0.05, 0.1) is 23.3 Å². The van der Waals surface area contributed by atoms with E-state index in [-0.39, 0.29) is 17.7 Å². The van der Waals surface area contributed by atoms with Gasteiger partial charge in [-0.3, -0.25) is 9.59 Å². The Bertz CT molecular complexity index is 1020. The summed E-state index contributed by atoms with van der Waals surface area (Å²) in [7, 11) is 0. The molecule has 1 aliphatic carbocycles. The van der Waals surface area contributed by atoms with Crippen molar-refractivity contribution in [1.29, 1.82) is 0 Å². The molecule has 1 aliphatic rings. The number of carbonyl (C=O) groups is 2. The summed E-state index contributed by atoms with van der Waals surface area (Å²) in [5.74, 6) is -1.09. The van der Waals surface area contributed by atoms with Crippen molar-refractivity contribution in [1.82, 2.24) is 14.9 Å². The molecule has 1 saturated carbocycles. The summed E-state index contributed by atoms with van der Waals surface area (Å²) in [5.41, 5.74) is 4.29. The van der Waals surface area contributed by atoms with Crippen molar-refractivity contribution in [2.75, 3.05) is 0 Å². The minimum atomic E-state index is -0.744. The first-order valence-electron chi connectivity index (χ1n) is 10.1. The maximum atomic E-state index is 12.5. The number of carbonyl (C=O) groups excluding carboxylic acids is 1. The number of rotatable bonds is 6. The van der Waals surface area contributed by atoms with Crippen LogP contribution in [0.15, 0.2) is 54.9 Å². The molecule has 4 rings (SSSR count). The number of para-hydroxylation sites is 2. The number of nitrogens with zero attached hydrogens (tertiary/aromatic N) is 2. The molecule has 150 valence electrons. The second-order valence-corrected chi connectivity index (χ2v) is 7.79. The van der Waals surface area contributed by atoms with E-state index < -0.39 is 5.97 Å². The lowest BCUT2D eigenvalue weighted by molar-refractivity contribution is -0.144. The van der Waals surface area contributed by atoms with Crippen molar-refractivity contribution in [3.05, 3.63) is 66.0 Å². The molecule has 2 N–H and O–H groups in total. The van der Waals surface area contributed by atoms with Crippen molar-refractivity contribution in [2.24, 2.45) is 11.8 Å². The lowest BCUT2D eigenvalue weighted by Gasteiger charge is -2.25. The maximum absolute atomic E-state index is 12.5. The first-order valence-corrected chi connectivity index (χ1v) is 10.1. The van der Waals surface area contributed by atoms with E-state index in [0.717, 1.165) is 28.7 Å². The molecule has 6 heteroatoms. The number of fused-ring (bicyclic) bond motifs is 1. The summed E-state index contributed by atoms with van der Waals surface area (Å²) in [6.45, 7) is 1.21. The summed E-state index contributed by atoms with van der Waals surface area (Å²) < 4.78 is 2.12. The molecule has 0 bridgehead atoms. The summed E-state index contributed by atoms with van der Waals surface area (Å²) >= 11 is 0. The highest BCUT2D eigenvalue weighted by atomic mass is 16.4. The highest BCUT2D eigenvalue weighted by molar-refractivity contribution is 5.79. The Balaban J connectivity index is 1.34. The van der Waals surface area contributed by atoms with Crippen molar-refractivity contribution >= 4 is 22.9 Å². The lowest BCUT2D eigenvalue weighted by Crippen LogP contribution is -2.34. The number of hydrogen-bond donors (Lipinski definition) is 2. The first kappa shape index (κ1) is 19.2. The smallest absolute Gasteiger partial charge is 0.306 e. The zero-order chi connectivity index (χ0) is 20.2. The van der Waals surface area contributed by atoms with Crippen molar-refractivity contribution in [2.45, 2.75) is 38.8 Å². The number of imidazole rings is 1. The molecular weight excluding hydrogens is 366 g/mol. The summed E-state index contributed by atoms with van der Waals surface area (Å²) in [4.78, 5) is 28.0. The Morgan fingerprint density at radius 2 is 1.72 bits per heavy atom. The highest BCUT2D eigenvalue weighted by Gasteiger charge is 2.29. The van der Waals surface area contributed by atoms with Crippen LogP contribution in [0.25, 0.3) is 11.0 Å². The van der Waals surface area contributed by atoms with Gasteiger partial charge >= 0.3 is 5.97 Å². The molecule has 6 nitrogen and oxygen atoms in total. The van der Waals surface area contributed by atoms with Gasteiger partial charge in [0.15, 0.2) is 0 Å². The van der Waals surface area contributed by atoms with E-state index in [1.54, 1.807) is 0 Å². The van der Waals surface area contributed by atoms with Gasteiger partial charge in [-0.15, -0.1) is 0 Å². The van der Waals surface area contributed by atoms with Crippen molar-refractivity contribution in [3.63, 3.8) is 0 Å². The average Bonchev–Trinajstić information content (AvgIpc) is 3.15. The number of aliphatic carboxylic acids is 1. The van der Waals surface area contributed by atoms with Crippen LogP contribution in [0.1, 0.15) is 36.8 Å². The summed E-state index contributed by atoms with van der Waals surface area (Å²) in [5, 5.41) is 12.1. The summed E-state index contributed by atoms with van der Waals surface area (Å²) in [6.07, 6.45) is 4.32. The van der Waals surface area contributed by atoms with Gasteiger partial charge in [0.2, 0.25) is 5.91 Å². The van der Waals surface area contributed by atoms with Gasteiger partial charge in [-0.1, -0.05) is 36.4 Å². The van der Waals surface area contributed by atoms with E-state index in [1.807, 2.05) is 36.7 Å². The molecule has 0 unspecified atom stereocenters. The monoisotopic (exact) mass is 391 g/mol. The summed E-state index contributed by atoms with van der Waals surface area (Å²) in [6, 6.07) is 16.3. The van der Waals surface area contributed by atoms with Crippen LogP contribution in [0.3, 0.4) is 0 Å². The molecule has 1 heterocycles. The SMILES string of the molecule is O=C(O)C1CCC(C(=O)NCc2cccc(Cn3cnc4ccccc43)c2)CC1. The fraction of sp³-hybridized carbons (Fsp3) is 0.348. The van der Waals surface area contributed by atoms with Gasteiger partial charge in [0.25, 0.3) is 0 Å². The van der Waals surface area contributed by atoms with E-state index >= 15 is 0 Å². The van der Waals surface area contributed by atoms with E-state index in [0.29, 0.717) is 32.2 Å². The largest absolute Gasteiger partial charge is 0.481 e. The fourth-order valence-electron chi connectivity index (χ4n) is 4.11. The van der Waals surface area contributed by atoms with Gasteiger partial charge in [-0.05, 0) is 48.9 Å². The Morgan fingerprint density at radius 1 is 1.00 bits per heavy atom. The Hall–Kier alpha value is -3.15. The molecule has 0 radical (unpaired) electrons. The van der Waals surface area contributed by atoms with Gasteiger partial charge in [-0.25, -0.2) is 4.98 Å². The minimum absolute atomic E-state index is 0.0276. The predicted octanol–water partition coefficient (Wildman–Crippen LogP) is 3.59. The molecule has 3 aromatic rings. The number of benzene rings is 2. The fourth-order valence-corrected chi connectivity index (χ4v) is 4.11. The molecule has 1 amide bonds. The molecule has 2 aromatic carbocycles. The van der Waals surface area contributed by atoms with E-state index in [2.05, 4.69) is 33.1 Å². The van der Waals surface area contributed by atoms with Gasteiger partial charge in [0.1, 0.15) is 0 Å². The van der Waals surface area contributed by atoms with Crippen LogP contribution in [-0.4, -0.2) is 26.5 Å². The normalized spacial score (nSPS) is 19.2.